The predicted molar refractivity (Wildman–Crippen MR) is 107 cm³/mol. The van der Waals surface area contributed by atoms with E-state index in [1.165, 1.54) is 0 Å². The van der Waals surface area contributed by atoms with Crippen molar-refractivity contribution in [3.8, 4) is 0 Å². The van der Waals surface area contributed by atoms with Crippen molar-refractivity contribution in [1.82, 2.24) is 24.2 Å². The summed E-state index contributed by atoms with van der Waals surface area (Å²) in [5.74, 6) is 0.382. The zero-order chi connectivity index (χ0) is 19.8. The Hall–Kier alpha value is -3.22. The molecule has 2 aromatic heterocycles. The van der Waals surface area contributed by atoms with Gasteiger partial charge in [-0.25, -0.2) is 9.97 Å². The second kappa shape index (κ2) is 6.99. The fourth-order valence-corrected chi connectivity index (χ4v) is 4.75. The SMILES string of the molecule is O=C(c1cn2cccnc2n1)N1CCCC12CCCN(Cc1ccccc1)C2=O. The minimum absolute atomic E-state index is 0.0698. The summed E-state index contributed by atoms with van der Waals surface area (Å²) in [5.41, 5.74) is 0.714. The fraction of sp³-hybridized carbons (Fsp3) is 0.364. The lowest BCUT2D eigenvalue weighted by atomic mass is 9.85. The van der Waals surface area contributed by atoms with Crippen LogP contribution < -0.4 is 0 Å². The Kier molecular flexibility index (Phi) is 4.30. The first-order chi connectivity index (χ1) is 14.2. The van der Waals surface area contributed by atoms with Crippen LogP contribution in [0.1, 0.15) is 41.7 Å². The molecule has 1 atom stereocenters. The normalized spacial score (nSPS) is 22.0. The van der Waals surface area contributed by atoms with Gasteiger partial charge in [-0.15, -0.1) is 0 Å². The van der Waals surface area contributed by atoms with Gasteiger partial charge in [0.25, 0.3) is 5.91 Å². The number of carbonyl (C=O) groups excluding carboxylic acids is 2. The van der Waals surface area contributed by atoms with Crippen molar-refractivity contribution >= 4 is 17.6 Å². The summed E-state index contributed by atoms with van der Waals surface area (Å²) < 4.78 is 1.74. The highest BCUT2D eigenvalue weighted by Crippen LogP contribution is 2.39. The van der Waals surface area contributed by atoms with E-state index >= 15 is 0 Å². The molecule has 7 heteroatoms. The molecule has 0 N–H and O–H groups in total. The number of hydrogen-bond donors (Lipinski definition) is 0. The number of rotatable bonds is 3. The van der Waals surface area contributed by atoms with E-state index in [0.717, 1.165) is 24.9 Å². The lowest BCUT2D eigenvalue weighted by molar-refractivity contribution is -0.146. The Morgan fingerprint density at radius 1 is 1.07 bits per heavy atom. The molecule has 7 nitrogen and oxygen atoms in total. The highest BCUT2D eigenvalue weighted by molar-refractivity contribution is 5.99. The zero-order valence-electron chi connectivity index (χ0n) is 16.2. The second-order valence-electron chi connectivity index (χ2n) is 7.86. The molecule has 148 valence electrons. The van der Waals surface area contributed by atoms with E-state index in [2.05, 4.69) is 9.97 Å². The van der Waals surface area contributed by atoms with Gasteiger partial charge in [0.1, 0.15) is 11.2 Å². The third-order valence-electron chi connectivity index (χ3n) is 6.11. The largest absolute Gasteiger partial charge is 0.336 e. The van der Waals surface area contributed by atoms with Crippen LogP contribution in [0.25, 0.3) is 5.78 Å². The number of fused-ring (bicyclic) bond motifs is 1. The molecule has 0 aliphatic carbocycles. The van der Waals surface area contributed by atoms with Crippen LogP contribution in [0.15, 0.2) is 55.0 Å². The molecule has 1 unspecified atom stereocenters. The molecule has 29 heavy (non-hydrogen) atoms. The number of imidazole rings is 1. The number of hydrogen-bond acceptors (Lipinski definition) is 4. The summed E-state index contributed by atoms with van der Waals surface area (Å²) in [7, 11) is 0. The maximum absolute atomic E-state index is 13.6. The Bertz CT molecular complexity index is 1030. The van der Waals surface area contributed by atoms with E-state index in [-0.39, 0.29) is 11.8 Å². The molecule has 2 aliphatic rings. The summed E-state index contributed by atoms with van der Waals surface area (Å²) in [4.78, 5) is 39.2. The molecule has 0 bridgehead atoms. The lowest BCUT2D eigenvalue weighted by Gasteiger charge is -2.44. The van der Waals surface area contributed by atoms with Gasteiger partial charge in [-0.05, 0) is 37.3 Å². The molecule has 1 aromatic carbocycles. The van der Waals surface area contributed by atoms with Crippen LogP contribution in [0, 0.1) is 0 Å². The van der Waals surface area contributed by atoms with Gasteiger partial charge in [0.15, 0.2) is 0 Å². The van der Waals surface area contributed by atoms with Gasteiger partial charge in [-0.1, -0.05) is 30.3 Å². The topological polar surface area (TPSA) is 70.8 Å². The van der Waals surface area contributed by atoms with Gasteiger partial charge in [-0.2, -0.15) is 0 Å². The van der Waals surface area contributed by atoms with Crippen LogP contribution in [0.2, 0.25) is 0 Å². The molecule has 4 heterocycles. The second-order valence-corrected chi connectivity index (χ2v) is 7.86. The summed E-state index contributed by atoms with van der Waals surface area (Å²) in [6.45, 7) is 1.91. The highest BCUT2D eigenvalue weighted by atomic mass is 16.2. The van der Waals surface area contributed by atoms with Crippen molar-refractivity contribution in [1.29, 1.82) is 0 Å². The third kappa shape index (κ3) is 2.97. The molecular weight excluding hydrogens is 366 g/mol. The monoisotopic (exact) mass is 389 g/mol. The molecule has 0 saturated carbocycles. The molecule has 2 fully saturated rings. The first-order valence-corrected chi connectivity index (χ1v) is 10.1. The van der Waals surface area contributed by atoms with Crippen LogP contribution in [-0.2, 0) is 11.3 Å². The summed E-state index contributed by atoms with van der Waals surface area (Å²) >= 11 is 0. The highest BCUT2D eigenvalue weighted by Gasteiger charge is 2.53. The summed E-state index contributed by atoms with van der Waals surface area (Å²) in [6.07, 6.45) is 8.34. The Balaban J connectivity index is 1.43. The Morgan fingerprint density at radius 3 is 2.66 bits per heavy atom. The number of aromatic nitrogens is 3. The molecule has 0 radical (unpaired) electrons. The third-order valence-corrected chi connectivity index (χ3v) is 6.11. The maximum Gasteiger partial charge on any atom is 0.275 e. The van der Waals surface area contributed by atoms with E-state index in [0.29, 0.717) is 37.4 Å². The number of benzene rings is 1. The average molecular weight is 389 g/mol. The van der Waals surface area contributed by atoms with Gasteiger partial charge in [0, 0.05) is 38.2 Å². The van der Waals surface area contributed by atoms with E-state index in [1.807, 2.05) is 41.4 Å². The van der Waals surface area contributed by atoms with Crippen molar-refractivity contribution in [3.63, 3.8) is 0 Å². The van der Waals surface area contributed by atoms with Crippen molar-refractivity contribution in [2.24, 2.45) is 0 Å². The fourth-order valence-electron chi connectivity index (χ4n) is 4.75. The Morgan fingerprint density at radius 2 is 1.86 bits per heavy atom. The lowest BCUT2D eigenvalue weighted by Crippen LogP contribution is -2.61. The van der Waals surface area contributed by atoms with Gasteiger partial charge in [0.05, 0.1) is 0 Å². The van der Waals surface area contributed by atoms with Crippen molar-refractivity contribution < 1.29 is 9.59 Å². The van der Waals surface area contributed by atoms with Gasteiger partial charge >= 0.3 is 0 Å². The van der Waals surface area contributed by atoms with E-state index in [1.54, 1.807) is 27.8 Å². The molecule has 5 rings (SSSR count). The van der Waals surface area contributed by atoms with Crippen LogP contribution in [0.4, 0.5) is 0 Å². The standard InChI is InChI=1S/C22H23N5O2/c28-19(18-16-26-13-6-11-23-21(26)24-18)27-14-5-10-22(27)9-4-12-25(20(22)29)15-17-7-2-1-3-8-17/h1-3,6-8,11,13,16H,4-5,9-10,12,14-15H2. The predicted octanol–water partition coefficient (Wildman–Crippen LogP) is 2.53. The molecule has 2 saturated heterocycles. The van der Waals surface area contributed by atoms with Gasteiger partial charge in [0.2, 0.25) is 11.7 Å². The molecular formula is C22H23N5O2. The van der Waals surface area contributed by atoms with Crippen LogP contribution in [0.5, 0.6) is 0 Å². The minimum Gasteiger partial charge on any atom is -0.336 e. The smallest absolute Gasteiger partial charge is 0.275 e. The van der Waals surface area contributed by atoms with Gasteiger partial charge in [-0.3, -0.25) is 14.0 Å². The minimum atomic E-state index is -0.743. The van der Waals surface area contributed by atoms with E-state index in [9.17, 15) is 9.59 Å². The number of piperidine rings is 1. The van der Waals surface area contributed by atoms with E-state index < -0.39 is 5.54 Å². The summed E-state index contributed by atoms with van der Waals surface area (Å²) in [5, 5.41) is 0. The number of nitrogens with zero attached hydrogens (tertiary/aromatic N) is 5. The van der Waals surface area contributed by atoms with Gasteiger partial charge < -0.3 is 9.80 Å². The first-order valence-electron chi connectivity index (χ1n) is 10.1. The Labute approximate surface area is 169 Å². The van der Waals surface area contributed by atoms with Crippen molar-refractivity contribution in [3.05, 3.63) is 66.2 Å². The van der Waals surface area contributed by atoms with Crippen LogP contribution >= 0.6 is 0 Å². The molecule has 2 amide bonds. The van der Waals surface area contributed by atoms with Crippen LogP contribution in [-0.4, -0.2) is 54.6 Å². The summed E-state index contributed by atoms with van der Waals surface area (Å²) in [6, 6.07) is 11.8. The number of carbonyl (C=O) groups is 2. The first kappa shape index (κ1) is 17.8. The molecule has 2 aliphatic heterocycles. The molecule has 3 aromatic rings. The average Bonchev–Trinajstić information content (AvgIpc) is 3.37. The maximum atomic E-state index is 13.6. The number of amides is 2. The van der Waals surface area contributed by atoms with Crippen molar-refractivity contribution in [2.45, 2.75) is 37.8 Å². The number of likely N-dealkylation sites (tertiary alicyclic amines) is 2. The molecule has 1 spiro atoms. The zero-order valence-corrected chi connectivity index (χ0v) is 16.2. The quantitative estimate of drug-likeness (QED) is 0.690. The van der Waals surface area contributed by atoms with Crippen molar-refractivity contribution in [2.75, 3.05) is 13.1 Å². The van der Waals surface area contributed by atoms with Crippen LogP contribution in [0.3, 0.4) is 0 Å². The van der Waals surface area contributed by atoms with E-state index in [4.69, 9.17) is 0 Å².